The van der Waals surface area contributed by atoms with Crippen LogP contribution >= 0.6 is 0 Å². The van der Waals surface area contributed by atoms with E-state index >= 15 is 0 Å². The minimum absolute atomic E-state index is 0.00173. The lowest BCUT2D eigenvalue weighted by Gasteiger charge is -2.27. The molecule has 3 heterocycles. The lowest BCUT2D eigenvalue weighted by Crippen LogP contribution is -2.41. The van der Waals surface area contributed by atoms with Crippen molar-refractivity contribution in [3.63, 3.8) is 0 Å². The van der Waals surface area contributed by atoms with Crippen LogP contribution in [0.4, 0.5) is 0 Å². The first-order valence-electron chi connectivity index (χ1n) is 10.1. The van der Waals surface area contributed by atoms with Gasteiger partial charge in [0.25, 0.3) is 0 Å². The number of benzene rings is 2. The summed E-state index contributed by atoms with van der Waals surface area (Å²) in [6, 6.07) is 9.68. The second kappa shape index (κ2) is 8.03. The molecule has 2 aliphatic heterocycles. The Hall–Kier alpha value is -3.39. The highest BCUT2D eigenvalue weighted by Gasteiger charge is 2.34. The van der Waals surface area contributed by atoms with Crippen molar-refractivity contribution >= 4 is 16.9 Å². The maximum absolute atomic E-state index is 13.2. The number of carbonyl (C=O) groups is 1. The molecular formula is C23H23NO7. The van der Waals surface area contributed by atoms with Gasteiger partial charge in [0.1, 0.15) is 5.76 Å². The van der Waals surface area contributed by atoms with E-state index in [2.05, 4.69) is 0 Å². The lowest BCUT2D eigenvalue weighted by atomic mass is 10.0. The molecular weight excluding hydrogens is 402 g/mol. The summed E-state index contributed by atoms with van der Waals surface area (Å²) in [5, 5.41) is 0.657. The molecule has 0 bridgehead atoms. The predicted octanol–water partition coefficient (Wildman–Crippen LogP) is 3.25. The Balaban J connectivity index is 1.73. The van der Waals surface area contributed by atoms with E-state index in [-0.39, 0.29) is 19.1 Å². The first-order valence-corrected chi connectivity index (χ1v) is 10.1. The maximum atomic E-state index is 13.2. The largest absolute Gasteiger partial charge is 0.492 e. The fourth-order valence-electron chi connectivity index (χ4n) is 4.14. The van der Waals surface area contributed by atoms with E-state index in [1.807, 2.05) is 35.2 Å². The summed E-state index contributed by atoms with van der Waals surface area (Å²) in [5.41, 5.74) is 2.05. The van der Waals surface area contributed by atoms with Crippen molar-refractivity contribution < 1.29 is 32.9 Å². The fraction of sp³-hybridized carbons (Fsp3) is 0.348. The molecule has 8 heteroatoms. The molecule has 0 N–H and O–H groups in total. The molecule has 1 fully saturated rings. The number of hydrogen-bond acceptors (Lipinski definition) is 7. The maximum Gasteiger partial charge on any atom is 0.231 e. The first kappa shape index (κ1) is 19.6. The van der Waals surface area contributed by atoms with Crippen molar-refractivity contribution in [1.82, 2.24) is 4.90 Å². The normalized spacial score (nSPS) is 15.4. The number of amides is 1. The van der Waals surface area contributed by atoms with Crippen LogP contribution < -0.4 is 18.9 Å². The average molecular weight is 425 g/mol. The number of furan rings is 1. The number of morpholine rings is 1. The smallest absolute Gasteiger partial charge is 0.231 e. The monoisotopic (exact) mass is 425 g/mol. The molecule has 1 amide bonds. The van der Waals surface area contributed by atoms with Gasteiger partial charge in [-0.1, -0.05) is 30.3 Å². The van der Waals surface area contributed by atoms with Gasteiger partial charge in [0.05, 0.1) is 39.2 Å². The molecule has 2 aliphatic rings. The standard InChI is InChI=1S/C23H23NO7/c1-26-19-17-15(12-16(25)24-8-10-28-11-9-24)18(14-6-4-3-5-7-14)31-20(17)21(27-2)23-22(19)29-13-30-23/h3-7H,8-13H2,1-2H3. The van der Waals surface area contributed by atoms with E-state index < -0.39 is 0 Å². The van der Waals surface area contributed by atoms with Gasteiger partial charge in [0.2, 0.25) is 29.9 Å². The minimum atomic E-state index is 0.00173. The van der Waals surface area contributed by atoms with Crippen LogP contribution in [-0.2, 0) is 16.0 Å². The van der Waals surface area contributed by atoms with Crippen LogP contribution in [0, 0.1) is 0 Å². The van der Waals surface area contributed by atoms with Crippen molar-refractivity contribution in [1.29, 1.82) is 0 Å². The highest BCUT2D eigenvalue weighted by atomic mass is 16.7. The number of carbonyl (C=O) groups excluding carboxylic acids is 1. The summed E-state index contributed by atoms with van der Waals surface area (Å²) < 4.78 is 34.4. The predicted molar refractivity (Wildman–Crippen MR) is 112 cm³/mol. The van der Waals surface area contributed by atoms with Crippen LogP contribution in [0.3, 0.4) is 0 Å². The molecule has 3 aromatic rings. The molecule has 0 atom stereocenters. The van der Waals surface area contributed by atoms with E-state index in [4.69, 9.17) is 28.1 Å². The van der Waals surface area contributed by atoms with Crippen molar-refractivity contribution in [3.8, 4) is 34.3 Å². The third kappa shape index (κ3) is 3.23. The van der Waals surface area contributed by atoms with Crippen LogP contribution in [0.15, 0.2) is 34.7 Å². The Labute approximate surface area is 179 Å². The zero-order valence-electron chi connectivity index (χ0n) is 17.4. The van der Waals surface area contributed by atoms with Crippen LogP contribution in [0.1, 0.15) is 5.56 Å². The molecule has 5 rings (SSSR count). The van der Waals surface area contributed by atoms with E-state index in [0.717, 1.165) is 11.1 Å². The fourth-order valence-corrected chi connectivity index (χ4v) is 4.14. The Morgan fingerprint density at radius 2 is 1.68 bits per heavy atom. The van der Waals surface area contributed by atoms with Gasteiger partial charge in [0, 0.05) is 24.2 Å². The molecule has 2 aromatic carbocycles. The zero-order valence-corrected chi connectivity index (χ0v) is 17.4. The summed E-state index contributed by atoms with van der Waals surface area (Å²) in [6.45, 7) is 2.28. The van der Waals surface area contributed by atoms with Crippen molar-refractivity contribution in [3.05, 3.63) is 35.9 Å². The third-order valence-corrected chi connectivity index (χ3v) is 5.60. The van der Waals surface area contributed by atoms with Gasteiger partial charge in [-0.05, 0) is 0 Å². The number of nitrogens with zero attached hydrogens (tertiary/aromatic N) is 1. The Morgan fingerprint density at radius 3 is 2.35 bits per heavy atom. The van der Waals surface area contributed by atoms with Gasteiger partial charge < -0.3 is 33.0 Å². The minimum Gasteiger partial charge on any atom is -0.492 e. The van der Waals surface area contributed by atoms with Crippen LogP contribution in [0.2, 0.25) is 0 Å². The quantitative estimate of drug-likeness (QED) is 0.621. The number of hydrogen-bond donors (Lipinski definition) is 0. The summed E-state index contributed by atoms with van der Waals surface area (Å²) in [5.74, 6) is 2.38. The Morgan fingerprint density at radius 1 is 1.00 bits per heavy atom. The molecule has 1 aromatic heterocycles. The van der Waals surface area contributed by atoms with Crippen LogP contribution in [0.25, 0.3) is 22.3 Å². The molecule has 8 nitrogen and oxygen atoms in total. The van der Waals surface area contributed by atoms with E-state index in [0.29, 0.717) is 66.0 Å². The number of fused-ring (bicyclic) bond motifs is 2. The average Bonchev–Trinajstić information content (AvgIpc) is 3.44. The Bertz CT molecular complexity index is 1120. The van der Waals surface area contributed by atoms with Gasteiger partial charge in [-0.15, -0.1) is 0 Å². The molecule has 0 spiro atoms. The number of ether oxygens (including phenoxy) is 5. The molecule has 162 valence electrons. The molecule has 0 aliphatic carbocycles. The van der Waals surface area contributed by atoms with E-state index in [1.54, 1.807) is 14.2 Å². The topological polar surface area (TPSA) is 79.6 Å². The SMILES string of the molecule is COc1c2c(c(OC)c3c(CC(=O)N4CCOCC4)c(-c4ccccc4)oc13)OCO2. The summed E-state index contributed by atoms with van der Waals surface area (Å²) >= 11 is 0. The molecule has 31 heavy (non-hydrogen) atoms. The number of methoxy groups -OCH3 is 2. The van der Waals surface area contributed by atoms with Crippen LogP contribution in [0.5, 0.6) is 23.0 Å². The number of rotatable bonds is 5. The molecule has 1 saturated heterocycles. The second-order valence-corrected chi connectivity index (χ2v) is 7.28. The van der Waals surface area contributed by atoms with Gasteiger partial charge in [-0.25, -0.2) is 0 Å². The summed E-state index contributed by atoms with van der Waals surface area (Å²) in [6.07, 6.45) is 0.149. The molecule has 0 saturated carbocycles. The summed E-state index contributed by atoms with van der Waals surface area (Å²) in [7, 11) is 3.11. The first-order chi connectivity index (χ1) is 15.2. The zero-order chi connectivity index (χ0) is 21.4. The van der Waals surface area contributed by atoms with Crippen molar-refractivity contribution in [2.24, 2.45) is 0 Å². The third-order valence-electron chi connectivity index (χ3n) is 5.60. The van der Waals surface area contributed by atoms with Crippen molar-refractivity contribution in [2.75, 3.05) is 47.3 Å². The van der Waals surface area contributed by atoms with Gasteiger partial charge in [0.15, 0.2) is 11.3 Å². The highest BCUT2D eigenvalue weighted by Crippen LogP contribution is 2.56. The van der Waals surface area contributed by atoms with Crippen molar-refractivity contribution in [2.45, 2.75) is 6.42 Å². The molecule has 0 radical (unpaired) electrons. The van der Waals surface area contributed by atoms with Crippen LogP contribution in [-0.4, -0.2) is 58.1 Å². The van der Waals surface area contributed by atoms with Gasteiger partial charge >= 0.3 is 0 Å². The Kier molecular flexibility index (Phi) is 5.07. The summed E-state index contributed by atoms with van der Waals surface area (Å²) in [4.78, 5) is 15.0. The highest BCUT2D eigenvalue weighted by molar-refractivity contribution is 6.03. The second-order valence-electron chi connectivity index (χ2n) is 7.28. The van der Waals surface area contributed by atoms with E-state index in [9.17, 15) is 4.79 Å². The molecule has 0 unspecified atom stereocenters. The van der Waals surface area contributed by atoms with Gasteiger partial charge in [-0.3, -0.25) is 4.79 Å². The lowest BCUT2D eigenvalue weighted by molar-refractivity contribution is -0.134. The van der Waals surface area contributed by atoms with E-state index in [1.165, 1.54) is 0 Å². The van der Waals surface area contributed by atoms with Gasteiger partial charge in [-0.2, -0.15) is 0 Å².